The number of nitrogens with zero attached hydrogens (tertiary/aromatic N) is 1. The van der Waals surface area contributed by atoms with Crippen molar-refractivity contribution >= 4 is 69.2 Å². The minimum Gasteiger partial charge on any atom is -0.493 e. The summed E-state index contributed by atoms with van der Waals surface area (Å²) in [6.45, 7) is 6.20. The monoisotopic (exact) mass is 479 g/mol. The Kier molecular flexibility index (Phi) is 7.47. The van der Waals surface area contributed by atoms with E-state index in [4.69, 9.17) is 44.9 Å². The van der Waals surface area contributed by atoms with E-state index in [1.807, 2.05) is 19.1 Å². The van der Waals surface area contributed by atoms with Gasteiger partial charge in [0.2, 0.25) is 0 Å². The van der Waals surface area contributed by atoms with Crippen molar-refractivity contribution in [3.63, 3.8) is 0 Å². The molecule has 1 fully saturated rings. The second-order valence-electron chi connectivity index (χ2n) is 6.25. The van der Waals surface area contributed by atoms with E-state index >= 15 is 0 Å². The minimum atomic E-state index is -0.242. The number of hydrogen-bond donors (Lipinski definition) is 0. The fourth-order valence-corrected chi connectivity index (χ4v) is 4.84. The Morgan fingerprint density at radius 3 is 2.67 bits per heavy atom. The lowest BCUT2D eigenvalue weighted by molar-refractivity contribution is -0.113. The number of amides is 1. The van der Waals surface area contributed by atoms with Gasteiger partial charge in [-0.2, -0.15) is 0 Å². The molecule has 0 aliphatic carbocycles. The Balaban J connectivity index is 2.01. The number of thioether (sulfide) groups is 1. The molecular formula is C22H19Cl2NO3S2. The van der Waals surface area contributed by atoms with Gasteiger partial charge in [-0.1, -0.05) is 53.3 Å². The molecule has 30 heavy (non-hydrogen) atoms. The van der Waals surface area contributed by atoms with Gasteiger partial charge in [-0.15, -0.1) is 6.58 Å². The normalized spacial score (nSPS) is 15.1. The number of thiocarbonyl (C=S) groups is 1. The zero-order valence-corrected chi connectivity index (χ0v) is 19.6. The summed E-state index contributed by atoms with van der Waals surface area (Å²) in [7, 11) is 1.60. The first kappa shape index (κ1) is 22.7. The topological polar surface area (TPSA) is 38.8 Å². The van der Waals surface area contributed by atoms with Gasteiger partial charge < -0.3 is 9.47 Å². The van der Waals surface area contributed by atoms with Gasteiger partial charge in [-0.05, 0) is 55.3 Å². The van der Waals surface area contributed by atoms with Crippen LogP contribution in [0.1, 0.15) is 18.1 Å². The van der Waals surface area contributed by atoms with Crippen molar-refractivity contribution in [2.45, 2.75) is 13.3 Å². The number of anilines is 1. The quantitative estimate of drug-likeness (QED) is 0.256. The maximum atomic E-state index is 13.1. The third-order valence-corrected chi connectivity index (χ3v) is 6.10. The Morgan fingerprint density at radius 2 is 2.03 bits per heavy atom. The first-order chi connectivity index (χ1) is 14.4. The molecule has 0 atom stereocenters. The van der Waals surface area contributed by atoms with E-state index in [0.29, 0.717) is 49.5 Å². The fourth-order valence-electron chi connectivity index (χ4n) is 3.06. The highest BCUT2D eigenvalue weighted by Gasteiger charge is 2.34. The van der Waals surface area contributed by atoms with Crippen LogP contribution in [0.4, 0.5) is 5.69 Å². The molecule has 2 aromatic carbocycles. The lowest BCUT2D eigenvalue weighted by atomic mass is 10.0. The van der Waals surface area contributed by atoms with Crippen LogP contribution in [0.15, 0.2) is 47.9 Å². The molecule has 0 aromatic heterocycles. The summed E-state index contributed by atoms with van der Waals surface area (Å²) in [5.41, 5.74) is 2.23. The Hall–Kier alpha value is -1.99. The Bertz CT molecular complexity index is 1050. The van der Waals surface area contributed by atoms with Gasteiger partial charge in [0, 0.05) is 10.6 Å². The zero-order valence-electron chi connectivity index (χ0n) is 16.4. The fraction of sp³-hybridized carbons (Fsp3) is 0.182. The van der Waals surface area contributed by atoms with Gasteiger partial charge in [-0.25, -0.2) is 0 Å². The van der Waals surface area contributed by atoms with Crippen LogP contribution in [-0.4, -0.2) is 23.9 Å². The molecule has 0 N–H and O–H groups in total. The Morgan fingerprint density at radius 1 is 1.27 bits per heavy atom. The van der Waals surface area contributed by atoms with Crippen molar-refractivity contribution < 1.29 is 14.3 Å². The number of carbonyl (C=O) groups is 1. The first-order valence-corrected chi connectivity index (χ1v) is 11.0. The molecular weight excluding hydrogens is 461 g/mol. The van der Waals surface area contributed by atoms with Crippen LogP contribution >= 0.6 is 47.2 Å². The second-order valence-corrected chi connectivity index (χ2v) is 8.77. The highest BCUT2D eigenvalue weighted by atomic mass is 35.5. The van der Waals surface area contributed by atoms with Crippen LogP contribution in [0.25, 0.3) is 6.08 Å². The van der Waals surface area contributed by atoms with Crippen LogP contribution in [0, 0.1) is 0 Å². The molecule has 3 rings (SSSR count). The van der Waals surface area contributed by atoms with Crippen molar-refractivity contribution in [2.75, 3.05) is 18.6 Å². The lowest BCUT2D eigenvalue weighted by Crippen LogP contribution is -2.27. The number of methoxy groups -OCH3 is 1. The molecule has 0 radical (unpaired) electrons. The van der Waals surface area contributed by atoms with E-state index in [9.17, 15) is 4.79 Å². The largest absolute Gasteiger partial charge is 0.493 e. The van der Waals surface area contributed by atoms with E-state index < -0.39 is 0 Å². The van der Waals surface area contributed by atoms with Gasteiger partial charge in [0.15, 0.2) is 15.8 Å². The summed E-state index contributed by atoms with van der Waals surface area (Å²) in [4.78, 5) is 15.0. The molecule has 156 valence electrons. The molecule has 4 nitrogen and oxygen atoms in total. The number of benzene rings is 2. The number of rotatable bonds is 7. The molecule has 2 aromatic rings. The van der Waals surface area contributed by atoms with Crippen LogP contribution in [0.2, 0.25) is 10.0 Å². The maximum Gasteiger partial charge on any atom is 0.270 e. The van der Waals surface area contributed by atoms with Gasteiger partial charge in [-0.3, -0.25) is 9.69 Å². The van der Waals surface area contributed by atoms with Gasteiger partial charge in [0.25, 0.3) is 5.91 Å². The number of allylic oxidation sites excluding steroid dienone is 1. The third-order valence-electron chi connectivity index (χ3n) is 4.26. The number of carbonyl (C=O) groups excluding carboxylic acids is 1. The molecule has 1 heterocycles. The highest BCUT2D eigenvalue weighted by Crippen LogP contribution is 2.41. The molecule has 1 saturated heterocycles. The maximum absolute atomic E-state index is 13.1. The Labute approximate surface area is 195 Å². The van der Waals surface area contributed by atoms with Crippen molar-refractivity contribution in [3.05, 3.63) is 69.1 Å². The van der Waals surface area contributed by atoms with Gasteiger partial charge in [0.05, 0.1) is 29.3 Å². The van der Waals surface area contributed by atoms with Crippen molar-refractivity contribution in [3.8, 4) is 11.5 Å². The number of ether oxygens (including phenoxy) is 2. The molecule has 1 amide bonds. The summed E-state index contributed by atoms with van der Waals surface area (Å²) in [5, 5.41) is 0.845. The predicted octanol–water partition coefficient (Wildman–Crippen LogP) is 6.54. The average molecular weight is 480 g/mol. The van der Waals surface area contributed by atoms with Gasteiger partial charge >= 0.3 is 0 Å². The van der Waals surface area contributed by atoms with E-state index in [1.165, 1.54) is 16.7 Å². The molecule has 8 heteroatoms. The second kappa shape index (κ2) is 9.88. The minimum absolute atomic E-state index is 0.242. The molecule has 0 bridgehead atoms. The summed E-state index contributed by atoms with van der Waals surface area (Å²) in [5.74, 6) is 1.03. The van der Waals surface area contributed by atoms with E-state index in [0.717, 1.165) is 11.1 Å². The third kappa shape index (κ3) is 4.67. The molecule has 0 saturated carbocycles. The molecule has 1 aliphatic rings. The molecule has 0 unspecified atom stereocenters. The van der Waals surface area contributed by atoms with Crippen LogP contribution in [0.5, 0.6) is 11.5 Å². The smallest absolute Gasteiger partial charge is 0.270 e. The summed E-state index contributed by atoms with van der Waals surface area (Å²) in [6, 6.07) is 8.73. The van der Waals surface area contributed by atoms with Gasteiger partial charge in [0.1, 0.15) is 0 Å². The van der Waals surface area contributed by atoms with Crippen LogP contribution in [0.3, 0.4) is 0 Å². The predicted molar refractivity (Wildman–Crippen MR) is 130 cm³/mol. The zero-order chi connectivity index (χ0) is 21.8. The summed E-state index contributed by atoms with van der Waals surface area (Å²) in [6.07, 6.45) is 4.18. The standard InChI is InChI=1S/C22H19Cl2NO3S2/c1-4-6-14-9-13(10-18(28-5-2)20(14)27-3)11-19-21(26)25(22(29)30-19)17-8-7-15(23)12-16(17)24/h4,7-12H,1,5-6H2,2-3H3/b19-11-. The summed E-state index contributed by atoms with van der Waals surface area (Å²) >= 11 is 18.9. The average Bonchev–Trinajstić information content (AvgIpc) is 2.96. The van der Waals surface area contributed by atoms with E-state index in [1.54, 1.807) is 37.5 Å². The molecule has 1 aliphatic heterocycles. The number of hydrogen-bond acceptors (Lipinski definition) is 5. The summed E-state index contributed by atoms with van der Waals surface area (Å²) < 4.78 is 11.7. The van der Waals surface area contributed by atoms with Crippen LogP contribution < -0.4 is 14.4 Å². The lowest BCUT2D eigenvalue weighted by Gasteiger charge is -2.16. The van der Waals surface area contributed by atoms with E-state index in [2.05, 4.69) is 6.58 Å². The van der Waals surface area contributed by atoms with Crippen LogP contribution in [-0.2, 0) is 11.2 Å². The molecule has 0 spiro atoms. The van der Waals surface area contributed by atoms with Crippen molar-refractivity contribution in [2.24, 2.45) is 0 Å². The van der Waals surface area contributed by atoms with Crippen molar-refractivity contribution in [1.29, 1.82) is 0 Å². The van der Waals surface area contributed by atoms with Crippen molar-refractivity contribution in [1.82, 2.24) is 0 Å². The van der Waals surface area contributed by atoms with E-state index in [-0.39, 0.29) is 5.91 Å². The number of halogens is 2. The SMILES string of the molecule is C=CCc1cc(/C=C2\SC(=S)N(c3ccc(Cl)cc3Cl)C2=O)cc(OCC)c1OC. The first-order valence-electron chi connectivity index (χ1n) is 9.07. The highest BCUT2D eigenvalue weighted by molar-refractivity contribution is 8.27.